The summed E-state index contributed by atoms with van der Waals surface area (Å²) >= 11 is 6.17. The number of rotatable bonds is 11. The van der Waals surface area contributed by atoms with Crippen LogP contribution in [0, 0.1) is 0 Å². The van der Waals surface area contributed by atoms with Crippen LogP contribution in [0.2, 0.25) is 5.02 Å². The van der Waals surface area contributed by atoms with Crippen LogP contribution in [0.3, 0.4) is 0 Å². The number of halogens is 1. The zero-order valence-electron chi connectivity index (χ0n) is 17.8. The zero-order chi connectivity index (χ0) is 21.9. The van der Waals surface area contributed by atoms with Crippen molar-refractivity contribution in [2.24, 2.45) is 0 Å². The molecule has 4 nitrogen and oxygen atoms in total. The third-order valence-corrected chi connectivity index (χ3v) is 5.16. The molecular weight excluding hydrogens is 410 g/mol. The predicted octanol–water partition coefficient (Wildman–Crippen LogP) is 6.07. The number of carbonyl (C=O) groups excluding carboxylic acids is 1. The van der Waals surface area contributed by atoms with Gasteiger partial charge in [-0.2, -0.15) is 0 Å². The molecule has 162 valence electrons. The minimum atomic E-state index is -0.112. The Morgan fingerprint density at radius 2 is 1.71 bits per heavy atom. The molecule has 0 aliphatic rings. The quantitative estimate of drug-likeness (QED) is 0.370. The molecule has 0 unspecified atom stereocenters. The number of amides is 1. The summed E-state index contributed by atoms with van der Waals surface area (Å²) in [5.74, 6) is 1.45. The van der Waals surface area contributed by atoms with Gasteiger partial charge in [0.1, 0.15) is 18.1 Å². The molecule has 0 aromatic heterocycles. The highest BCUT2D eigenvalue weighted by atomic mass is 35.5. The number of nitrogens with one attached hydrogen (secondary N) is 1. The van der Waals surface area contributed by atoms with Gasteiger partial charge in [0, 0.05) is 22.7 Å². The normalized spacial score (nSPS) is 10.5. The van der Waals surface area contributed by atoms with Crippen LogP contribution in [0.25, 0.3) is 0 Å². The van der Waals surface area contributed by atoms with E-state index in [9.17, 15) is 4.79 Å². The number of aryl methyl sites for hydroxylation is 1. The topological polar surface area (TPSA) is 47.6 Å². The van der Waals surface area contributed by atoms with E-state index in [-0.39, 0.29) is 5.91 Å². The standard InChI is InChI=1S/C26H28ClNO3/c1-2-17-30-25-15-6-4-9-20(25)12-8-16-28-26(29)21-11-7-13-23(18-21)31-19-22-10-3-5-14-24(22)27/h3-7,9-11,13-15,18H,2,8,12,16-17,19H2,1H3,(H,28,29). The number of carbonyl (C=O) groups is 1. The third kappa shape index (κ3) is 7.04. The first-order valence-electron chi connectivity index (χ1n) is 10.6. The van der Waals surface area contributed by atoms with Gasteiger partial charge in [-0.15, -0.1) is 0 Å². The van der Waals surface area contributed by atoms with Crippen molar-refractivity contribution in [3.63, 3.8) is 0 Å². The molecule has 0 fully saturated rings. The Kier molecular flexibility index (Phi) is 8.80. The monoisotopic (exact) mass is 437 g/mol. The molecule has 0 bridgehead atoms. The smallest absolute Gasteiger partial charge is 0.251 e. The van der Waals surface area contributed by atoms with Crippen LogP contribution in [0.5, 0.6) is 11.5 Å². The average Bonchev–Trinajstić information content (AvgIpc) is 2.80. The summed E-state index contributed by atoms with van der Waals surface area (Å²) in [5, 5.41) is 3.65. The van der Waals surface area contributed by atoms with Crippen LogP contribution in [0.4, 0.5) is 0 Å². The number of para-hydroxylation sites is 1. The van der Waals surface area contributed by atoms with Gasteiger partial charge in [0.25, 0.3) is 5.91 Å². The van der Waals surface area contributed by atoms with E-state index in [2.05, 4.69) is 18.3 Å². The highest BCUT2D eigenvalue weighted by Crippen LogP contribution is 2.21. The van der Waals surface area contributed by atoms with Crippen molar-refractivity contribution in [1.29, 1.82) is 0 Å². The van der Waals surface area contributed by atoms with Gasteiger partial charge in [-0.1, -0.05) is 61.0 Å². The maximum absolute atomic E-state index is 12.5. The van der Waals surface area contributed by atoms with Gasteiger partial charge < -0.3 is 14.8 Å². The SMILES string of the molecule is CCCOc1ccccc1CCCNC(=O)c1cccc(OCc2ccccc2Cl)c1. The molecule has 0 radical (unpaired) electrons. The van der Waals surface area contributed by atoms with Crippen LogP contribution < -0.4 is 14.8 Å². The molecule has 0 saturated carbocycles. The fourth-order valence-corrected chi connectivity index (χ4v) is 3.34. The first-order valence-corrected chi connectivity index (χ1v) is 11.0. The maximum Gasteiger partial charge on any atom is 0.251 e. The van der Waals surface area contributed by atoms with Crippen LogP contribution in [0.1, 0.15) is 41.3 Å². The fraction of sp³-hybridized carbons (Fsp3) is 0.269. The highest BCUT2D eigenvalue weighted by Gasteiger charge is 2.08. The van der Waals surface area contributed by atoms with Gasteiger partial charge in [-0.05, 0) is 55.2 Å². The van der Waals surface area contributed by atoms with Crippen molar-refractivity contribution in [1.82, 2.24) is 5.32 Å². The molecule has 5 heteroatoms. The second-order valence-corrected chi connectivity index (χ2v) is 7.63. The Morgan fingerprint density at radius 3 is 2.52 bits per heavy atom. The number of hydrogen-bond acceptors (Lipinski definition) is 3. The predicted molar refractivity (Wildman–Crippen MR) is 125 cm³/mol. The van der Waals surface area contributed by atoms with E-state index < -0.39 is 0 Å². The second-order valence-electron chi connectivity index (χ2n) is 7.22. The Labute approximate surface area is 189 Å². The Hall–Kier alpha value is -2.98. The number of hydrogen-bond donors (Lipinski definition) is 1. The van der Waals surface area contributed by atoms with Gasteiger partial charge in [-0.3, -0.25) is 4.79 Å². The van der Waals surface area contributed by atoms with E-state index in [0.717, 1.165) is 30.6 Å². The Bertz CT molecular complexity index is 990. The molecule has 0 aliphatic heterocycles. The fourth-order valence-electron chi connectivity index (χ4n) is 3.15. The summed E-state index contributed by atoms with van der Waals surface area (Å²) in [6, 6.07) is 22.8. The van der Waals surface area contributed by atoms with Crippen molar-refractivity contribution in [3.05, 3.63) is 94.5 Å². The van der Waals surface area contributed by atoms with Crippen LogP contribution >= 0.6 is 11.6 Å². The molecule has 1 N–H and O–H groups in total. The van der Waals surface area contributed by atoms with Crippen molar-refractivity contribution in [3.8, 4) is 11.5 Å². The lowest BCUT2D eigenvalue weighted by Gasteiger charge is -2.11. The van der Waals surface area contributed by atoms with Crippen molar-refractivity contribution < 1.29 is 14.3 Å². The van der Waals surface area contributed by atoms with Crippen molar-refractivity contribution >= 4 is 17.5 Å². The van der Waals surface area contributed by atoms with Crippen molar-refractivity contribution in [2.75, 3.05) is 13.2 Å². The largest absolute Gasteiger partial charge is 0.493 e. The molecule has 31 heavy (non-hydrogen) atoms. The second kappa shape index (κ2) is 12.0. The summed E-state index contributed by atoms with van der Waals surface area (Å²) in [4.78, 5) is 12.5. The maximum atomic E-state index is 12.5. The van der Waals surface area contributed by atoms with E-state index in [1.54, 1.807) is 12.1 Å². The molecular formula is C26H28ClNO3. The molecule has 3 rings (SSSR count). The third-order valence-electron chi connectivity index (χ3n) is 4.79. The number of ether oxygens (including phenoxy) is 2. The minimum absolute atomic E-state index is 0.112. The lowest BCUT2D eigenvalue weighted by Crippen LogP contribution is -2.24. The van der Waals surface area contributed by atoms with Crippen LogP contribution in [-0.2, 0) is 13.0 Å². The minimum Gasteiger partial charge on any atom is -0.493 e. The van der Waals surface area contributed by atoms with Crippen LogP contribution in [0.15, 0.2) is 72.8 Å². The molecule has 0 heterocycles. The van der Waals surface area contributed by atoms with Gasteiger partial charge in [-0.25, -0.2) is 0 Å². The molecule has 0 atom stereocenters. The Morgan fingerprint density at radius 1 is 0.935 bits per heavy atom. The van der Waals surface area contributed by atoms with E-state index in [4.69, 9.17) is 21.1 Å². The van der Waals surface area contributed by atoms with Crippen molar-refractivity contribution in [2.45, 2.75) is 32.8 Å². The molecule has 0 saturated heterocycles. The first kappa shape index (κ1) is 22.7. The summed E-state index contributed by atoms with van der Waals surface area (Å²) < 4.78 is 11.6. The number of benzene rings is 3. The summed E-state index contributed by atoms with van der Waals surface area (Å²) in [7, 11) is 0. The molecule has 0 aliphatic carbocycles. The zero-order valence-corrected chi connectivity index (χ0v) is 18.5. The molecule has 0 spiro atoms. The van der Waals surface area contributed by atoms with Gasteiger partial charge in [0.15, 0.2) is 0 Å². The van der Waals surface area contributed by atoms with E-state index in [0.29, 0.717) is 36.1 Å². The molecule has 3 aromatic rings. The summed E-state index contributed by atoms with van der Waals surface area (Å²) in [6.07, 6.45) is 2.66. The lowest BCUT2D eigenvalue weighted by atomic mass is 10.1. The van der Waals surface area contributed by atoms with E-state index >= 15 is 0 Å². The average molecular weight is 438 g/mol. The molecule has 1 amide bonds. The van der Waals surface area contributed by atoms with E-state index in [1.165, 1.54) is 5.56 Å². The highest BCUT2D eigenvalue weighted by molar-refractivity contribution is 6.31. The lowest BCUT2D eigenvalue weighted by molar-refractivity contribution is 0.0952. The first-order chi connectivity index (χ1) is 15.2. The van der Waals surface area contributed by atoms with Gasteiger partial charge in [0.2, 0.25) is 0 Å². The van der Waals surface area contributed by atoms with Crippen LogP contribution in [-0.4, -0.2) is 19.1 Å². The van der Waals surface area contributed by atoms with E-state index in [1.807, 2.05) is 54.6 Å². The van der Waals surface area contributed by atoms with Gasteiger partial charge >= 0.3 is 0 Å². The van der Waals surface area contributed by atoms with Gasteiger partial charge in [0.05, 0.1) is 6.61 Å². The summed E-state index contributed by atoms with van der Waals surface area (Å²) in [5.41, 5.74) is 2.64. The molecule has 3 aromatic carbocycles. The summed E-state index contributed by atoms with van der Waals surface area (Å²) in [6.45, 7) is 3.74. The Balaban J connectivity index is 1.48.